The highest BCUT2D eigenvalue weighted by atomic mass is 32.2. The number of piperidine rings is 1. The van der Waals surface area contributed by atoms with Crippen LogP contribution in [0.2, 0.25) is 0 Å². The van der Waals surface area contributed by atoms with Gasteiger partial charge in [-0.15, -0.1) is 0 Å². The predicted octanol–water partition coefficient (Wildman–Crippen LogP) is 1.62. The van der Waals surface area contributed by atoms with Crippen LogP contribution in [0.25, 0.3) is 0 Å². The van der Waals surface area contributed by atoms with Gasteiger partial charge in [-0.05, 0) is 49.6 Å². The van der Waals surface area contributed by atoms with E-state index in [4.69, 9.17) is 4.74 Å². The number of hydrogen-bond donors (Lipinski definition) is 1. The molecule has 0 aliphatic carbocycles. The molecule has 26 heavy (non-hydrogen) atoms. The zero-order valence-electron chi connectivity index (χ0n) is 15.3. The Morgan fingerprint density at radius 2 is 2.08 bits per heavy atom. The quantitative estimate of drug-likeness (QED) is 0.792. The van der Waals surface area contributed by atoms with E-state index in [-0.39, 0.29) is 4.90 Å². The number of nitrogens with zero attached hydrogens (tertiary/aromatic N) is 3. The van der Waals surface area contributed by atoms with Gasteiger partial charge in [0.2, 0.25) is 10.0 Å². The molecular weight excluding hydrogens is 352 g/mol. The second-order valence-corrected chi connectivity index (χ2v) is 8.56. The van der Waals surface area contributed by atoms with Crippen LogP contribution >= 0.6 is 0 Å². The number of nitrogens with one attached hydrogen (secondary N) is 1. The number of aryl methyl sites for hydroxylation is 1. The fraction of sp³-hybridized carbons (Fsp3) is 0.500. The maximum absolute atomic E-state index is 12.5. The Morgan fingerprint density at radius 3 is 2.73 bits per heavy atom. The summed E-state index contributed by atoms with van der Waals surface area (Å²) in [6.45, 7) is 3.24. The largest absolute Gasteiger partial charge is 0.497 e. The Kier molecular flexibility index (Phi) is 5.95. The van der Waals surface area contributed by atoms with Crippen LogP contribution in [0.15, 0.2) is 41.6 Å². The number of benzene rings is 1. The number of methoxy groups -OCH3 is 1. The van der Waals surface area contributed by atoms with Crippen molar-refractivity contribution in [2.24, 2.45) is 13.0 Å². The van der Waals surface area contributed by atoms with Crippen LogP contribution < -0.4 is 9.46 Å². The van der Waals surface area contributed by atoms with Crippen LogP contribution in [0, 0.1) is 5.92 Å². The summed E-state index contributed by atoms with van der Waals surface area (Å²) in [5, 5.41) is 4.21. The lowest BCUT2D eigenvalue weighted by Crippen LogP contribution is -2.40. The molecule has 0 spiro atoms. The predicted molar refractivity (Wildman–Crippen MR) is 99.4 cm³/mol. The smallest absolute Gasteiger partial charge is 0.240 e. The second-order valence-electron chi connectivity index (χ2n) is 6.79. The van der Waals surface area contributed by atoms with Crippen molar-refractivity contribution >= 4 is 10.0 Å². The second kappa shape index (κ2) is 8.20. The van der Waals surface area contributed by atoms with E-state index in [1.54, 1.807) is 36.1 Å². The molecular formula is C18H26N4O3S. The fourth-order valence-corrected chi connectivity index (χ4v) is 4.46. The van der Waals surface area contributed by atoms with Crippen molar-refractivity contribution in [3.8, 4) is 5.75 Å². The van der Waals surface area contributed by atoms with Crippen molar-refractivity contribution in [2.75, 3.05) is 26.7 Å². The highest BCUT2D eigenvalue weighted by Crippen LogP contribution is 2.19. The van der Waals surface area contributed by atoms with E-state index in [0.29, 0.717) is 18.2 Å². The van der Waals surface area contributed by atoms with Gasteiger partial charge in [-0.25, -0.2) is 13.1 Å². The average Bonchev–Trinajstić information content (AvgIpc) is 3.05. The van der Waals surface area contributed by atoms with Crippen LogP contribution in [-0.4, -0.2) is 49.8 Å². The zero-order chi connectivity index (χ0) is 18.6. The Hall–Kier alpha value is -1.90. The van der Waals surface area contributed by atoms with Crippen LogP contribution in [-0.2, 0) is 23.6 Å². The molecule has 2 aromatic rings. The molecule has 7 nitrogen and oxygen atoms in total. The molecule has 1 aliphatic heterocycles. The summed E-state index contributed by atoms with van der Waals surface area (Å²) in [6, 6.07) is 6.45. The summed E-state index contributed by atoms with van der Waals surface area (Å²) in [7, 11) is -0.0243. The van der Waals surface area contributed by atoms with Crippen LogP contribution in [0.4, 0.5) is 0 Å². The molecule has 1 fully saturated rings. The molecule has 0 bridgehead atoms. The van der Waals surface area contributed by atoms with Gasteiger partial charge in [-0.3, -0.25) is 9.58 Å². The van der Waals surface area contributed by atoms with Crippen molar-refractivity contribution in [2.45, 2.75) is 24.3 Å². The Bertz CT molecular complexity index is 817. The Balaban J connectivity index is 1.54. The summed E-state index contributed by atoms with van der Waals surface area (Å²) in [4.78, 5) is 2.63. The topological polar surface area (TPSA) is 76.5 Å². The van der Waals surface area contributed by atoms with Crippen molar-refractivity contribution in [1.82, 2.24) is 19.4 Å². The van der Waals surface area contributed by atoms with Gasteiger partial charge < -0.3 is 4.74 Å². The summed E-state index contributed by atoms with van der Waals surface area (Å²) in [5.74, 6) is 0.954. The Labute approximate surface area is 155 Å². The first kappa shape index (κ1) is 18.9. The SMILES string of the molecule is COc1ccc(S(=O)(=O)NCC2CCCN(Cc3cnn(C)c3)C2)cc1. The highest BCUT2D eigenvalue weighted by molar-refractivity contribution is 7.89. The van der Waals surface area contributed by atoms with Crippen molar-refractivity contribution < 1.29 is 13.2 Å². The van der Waals surface area contributed by atoms with Crippen molar-refractivity contribution in [1.29, 1.82) is 0 Å². The minimum atomic E-state index is -3.50. The number of ether oxygens (including phenoxy) is 1. The number of likely N-dealkylation sites (tertiary alicyclic amines) is 1. The van der Waals surface area contributed by atoms with Crippen LogP contribution in [0.3, 0.4) is 0 Å². The molecule has 1 aromatic carbocycles. The molecule has 0 radical (unpaired) electrons. The van der Waals surface area contributed by atoms with Crippen LogP contribution in [0.1, 0.15) is 18.4 Å². The molecule has 2 heterocycles. The molecule has 8 heteroatoms. The first-order valence-electron chi connectivity index (χ1n) is 8.80. The van der Waals surface area contributed by atoms with Gasteiger partial charge in [0.25, 0.3) is 0 Å². The molecule has 1 N–H and O–H groups in total. The first-order chi connectivity index (χ1) is 12.5. The molecule has 142 valence electrons. The first-order valence-corrected chi connectivity index (χ1v) is 10.3. The standard InChI is InChI=1S/C18H26N4O3S/c1-21-12-16(10-19-21)14-22-9-3-4-15(13-22)11-20-26(23,24)18-7-5-17(25-2)6-8-18/h5-8,10,12,15,20H,3-4,9,11,13-14H2,1-2H3. The van der Waals surface area contributed by atoms with Gasteiger partial charge in [-0.2, -0.15) is 5.10 Å². The number of rotatable bonds is 7. The summed E-state index contributed by atoms with van der Waals surface area (Å²) >= 11 is 0. The van der Waals surface area contributed by atoms with E-state index in [1.807, 2.05) is 19.4 Å². The normalized spacial score (nSPS) is 18.8. The van der Waals surface area contributed by atoms with E-state index in [1.165, 1.54) is 5.56 Å². The minimum absolute atomic E-state index is 0.265. The lowest BCUT2D eigenvalue weighted by molar-refractivity contribution is 0.169. The van der Waals surface area contributed by atoms with E-state index in [9.17, 15) is 8.42 Å². The summed E-state index contributed by atoms with van der Waals surface area (Å²) < 4.78 is 34.6. The van der Waals surface area contributed by atoms with Gasteiger partial charge in [0.1, 0.15) is 5.75 Å². The summed E-state index contributed by atoms with van der Waals surface area (Å²) in [6.07, 6.45) is 6.02. The van der Waals surface area contributed by atoms with Gasteiger partial charge >= 0.3 is 0 Å². The monoisotopic (exact) mass is 378 g/mol. The molecule has 1 aliphatic rings. The number of sulfonamides is 1. The van der Waals surface area contributed by atoms with Gasteiger partial charge in [-0.1, -0.05) is 0 Å². The highest BCUT2D eigenvalue weighted by Gasteiger charge is 2.23. The zero-order valence-corrected chi connectivity index (χ0v) is 16.1. The maximum atomic E-state index is 12.5. The van der Waals surface area contributed by atoms with E-state index >= 15 is 0 Å². The third kappa shape index (κ3) is 4.84. The molecule has 0 saturated carbocycles. The van der Waals surface area contributed by atoms with E-state index in [0.717, 1.165) is 32.5 Å². The van der Waals surface area contributed by atoms with Gasteiger partial charge in [0.05, 0.1) is 18.2 Å². The molecule has 1 aromatic heterocycles. The average molecular weight is 378 g/mol. The maximum Gasteiger partial charge on any atom is 0.240 e. The fourth-order valence-electron chi connectivity index (χ4n) is 3.34. The molecule has 3 rings (SSSR count). The van der Waals surface area contributed by atoms with Gasteiger partial charge in [0, 0.05) is 38.4 Å². The third-order valence-corrected chi connectivity index (χ3v) is 6.14. The summed E-state index contributed by atoms with van der Waals surface area (Å²) in [5.41, 5.74) is 1.19. The lowest BCUT2D eigenvalue weighted by Gasteiger charge is -2.32. The van der Waals surface area contributed by atoms with Crippen LogP contribution in [0.5, 0.6) is 5.75 Å². The molecule has 1 unspecified atom stereocenters. The Morgan fingerprint density at radius 1 is 1.31 bits per heavy atom. The number of aromatic nitrogens is 2. The van der Waals surface area contributed by atoms with E-state index < -0.39 is 10.0 Å². The number of hydrogen-bond acceptors (Lipinski definition) is 5. The van der Waals surface area contributed by atoms with Gasteiger partial charge in [0.15, 0.2) is 0 Å². The minimum Gasteiger partial charge on any atom is -0.497 e. The lowest BCUT2D eigenvalue weighted by atomic mass is 9.98. The third-order valence-electron chi connectivity index (χ3n) is 4.70. The molecule has 1 atom stereocenters. The molecule has 1 saturated heterocycles. The van der Waals surface area contributed by atoms with Crippen molar-refractivity contribution in [3.63, 3.8) is 0 Å². The van der Waals surface area contributed by atoms with E-state index in [2.05, 4.69) is 14.7 Å². The van der Waals surface area contributed by atoms with Crippen molar-refractivity contribution in [3.05, 3.63) is 42.2 Å². The molecule has 0 amide bonds.